The minimum Gasteiger partial charge on any atom is -0.421 e. The summed E-state index contributed by atoms with van der Waals surface area (Å²) in [6, 6.07) is 9.92. The van der Waals surface area contributed by atoms with Crippen molar-refractivity contribution in [2.45, 2.75) is 18.2 Å². The summed E-state index contributed by atoms with van der Waals surface area (Å²) in [6.45, 7) is 1.56. The van der Waals surface area contributed by atoms with Crippen LogP contribution in [-0.4, -0.2) is 24.5 Å². The highest BCUT2D eigenvalue weighted by Crippen LogP contribution is 2.28. The lowest BCUT2D eigenvalue weighted by Crippen LogP contribution is -2.17. The first kappa shape index (κ1) is 18.7. The topological polar surface area (TPSA) is 128 Å². The second-order valence-electron chi connectivity index (χ2n) is 5.70. The van der Waals surface area contributed by atoms with E-state index in [0.29, 0.717) is 0 Å². The van der Waals surface area contributed by atoms with E-state index in [1.165, 1.54) is 36.4 Å². The fourth-order valence-corrected chi connectivity index (χ4v) is 3.19. The molecule has 0 unspecified atom stereocenters. The first-order chi connectivity index (χ1) is 12.7. The third-order valence-electron chi connectivity index (χ3n) is 3.64. The molecule has 3 N–H and O–H groups in total. The van der Waals surface area contributed by atoms with Crippen LogP contribution in [-0.2, 0) is 21.2 Å². The summed E-state index contributed by atoms with van der Waals surface area (Å²) in [5, 5.41) is 15.2. The van der Waals surface area contributed by atoms with Crippen molar-refractivity contribution in [3.8, 4) is 11.5 Å². The summed E-state index contributed by atoms with van der Waals surface area (Å²) in [5.41, 5.74) is 0.519. The maximum absolute atomic E-state index is 13.7. The van der Waals surface area contributed by atoms with E-state index in [2.05, 4.69) is 15.5 Å². The molecule has 0 atom stereocenters. The van der Waals surface area contributed by atoms with Gasteiger partial charge in [0, 0.05) is 12.6 Å². The van der Waals surface area contributed by atoms with Crippen molar-refractivity contribution in [1.29, 1.82) is 0 Å². The van der Waals surface area contributed by atoms with E-state index in [-0.39, 0.29) is 39.9 Å². The summed E-state index contributed by atoms with van der Waals surface area (Å²) < 4.78 is 42.8. The summed E-state index contributed by atoms with van der Waals surface area (Å²) in [5.74, 6) is -0.768. The summed E-state index contributed by atoms with van der Waals surface area (Å²) in [7, 11) is -4.14. The number of carbonyl (C=O) groups is 1. The second kappa shape index (κ2) is 7.25. The predicted molar refractivity (Wildman–Crippen MR) is 94.6 cm³/mol. The highest BCUT2D eigenvalue weighted by molar-refractivity contribution is 7.89. The summed E-state index contributed by atoms with van der Waals surface area (Å²) in [4.78, 5) is 11.9. The highest BCUT2D eigenvalue weighted by Gasteiger charge is 2.20. The zero-order valence-electron chi connectivity index (χ0n) is 14.1. The molecule has 0 radical (unpaired) electrons. The molecule has 8 nitrogen and oxygen atoms in total. The highest BCUT2D eigenvalue weighted by atomic mass is 32.2. The van der Waals surface area contributed by atoms with Crippen LogP contribution >= 0.6 is 0 Å². The van der Waals surface area contributed by atoms with Crippen LogP contribution in [0, 0.1) is 12.7 Å². The number of amides is 1. The number of nitrogens with two attached hydrogens (primary N) is 1. The van der Waals surface area contributed by atoms with Crippen molar-refractivity contribution in [3.63, 3.8) is 0 Å². The lowest BCUT2D eigenvalue weighted by Gasteiger charge is -2.10. The van der Waals surface area contributed by atoms with E-state index in [9.17, 15) is 17.6 Å². The van der Waals surface area contributed by atoms with Gasteiger partial charge in [-0.15, -0.1) is 10.2 Å². The van der Waals surface area contributed by atoms with E-state index in [1.807, 2.05) is 0 Å². The fraction of sp³-hybridized carbons (Fsp3) is 0.118. The Hall–Kier alpha value is -3.11. The van der Waals surface area contributed by atoms with Gasteiger partial charge in [0.05, 0.1) is 16.9 Å². The number of aromatic nitrogens is 2. The number of nitrogens with zero attached hydrogens (tertiary/aromatic N) is 2. The van der Waals surface area contributed by atoms with Gasteiger partial charge in [-0.3, -0.25) is 4.79 Å². The van der Waals surface area contributed by atoms with Crippen LogP contribution in [0.1, 0.15) is 11.5 Å². The van der Waals surface area contributed by atoms with Gasteiger partial charge < -0.3 is 9.73 Å². The normalized spacial score (nSPS) is 11.4. The molecule has 27 heavy (non-hydrogen) atoms. The Labute approximate surface area is 154 Å². The molecule has 0 aliphatic carbocycles. The Morgan fingerprint density at radius 3 is 2.59 bits per heavy atom. The molecule has 1 heterocycles. The lowest BCUT2D eigenvalue weighted by molar-refractivity contribution is -0.115. The smallest absolute Gasteiger partial charge is 0.249 e. The van der Waals surface area contributed by atoms with Gasteiger partial charge in [-0.1, -0.05) is 18.2 Å². The van der Waals surface area contributed by atoms with Crippen molar-refractivity contribution in [2.24, 2.45) is 5.14 Å². The Bertz CT molecular complexity index is 1110. The van der Waals surface area contributed by atoms with Crippen LogP contribution in [0.4, 0.5) is 10.1 Å². The van der Waals surface area contributed by atoms with Crippen LogP contribution in [0.15, 0.2) is 51.8 Å². The lowest BCUT2D eigenvalue weighted by atomic mass is 10.1. The van der Waals surface area contributed by atoms with Crippen molar-refractivity contribution in [3.05, 3.63) is 59.7 Å². The molecule has 0 aliphatic heterocycles. The number of nitrogens with one attached hydrogen (secondary N) is 1. The maximum Gasteiger partial charge on any atom is 0.249 e. The number of halogens is 1. The van der Waals surface area contributed by atoms with Crippen molar-refractivity contribution in [2.75, 3.05) is 5.32 Å². The van der Waals surface area contributed by atoms with Gasteiger partial charge in [0.15, 0.2) is 0 Å². The largest absolute Gasteiger partial charge is 0.421 e. The summed E-state index contributed by atoms with van der Waals surface area (Å²) >= 11 is 0. The molecule has 0 bridgehead atoms. The third-order valence-corrected chi connectivity index (χ3v) is 4.59. The fourth-order valence-electron chi connectivity index (χ4n) is 2.44. The number of aryl methyl sites for hydroxylation is 1. The molecule has 2 aromatic carbocycles. The van der Waals surface area contributed by atoms with E-state index in [4.69, 9.17) is 9.56 Å². The van der Waals surface area contributed by atoms with Crippen LogP contribution in [0.3, 0.4) is 0 Å². The Kier molecular flexibility index (Phi) is 5.02. The van der Waals surface area contributed by atoms with Gasteiger partial charge in [0.1, 0.15) is 5.82 Å². The molecule has 10 heteroatoms. The molecular weight excluding hydrogens is 375 g/mol. The first-order valence-electron chi connectivity index (χ1n) is 7.74. The third kappa shape index (κ3) is 4.36. The molecule has 3 aromatic rings. The van der Waals surface area contributed by atoms with Gasteiger partial charge in [0.25, 0.3) is 0 Å². The monoisotopic (exact) mass is 390 g/mol. The number of primary sulfonamides is 1. The molecule has 0 fully saturated rings. The van der Waals surface area contributed by atoms with E-state index < -0.39 is 21.7 Å². The van der Waals surface area contributed by atoms with Crippen LogP contribution in [0.2, 0.25) is 0 Å². The van der Waals surface area contributed by atoms with Gasteiger partial charge in [-0.25, -0.2) is 17.9 Å². The average Bonchev–Trinajstić information content (AvgIpc) is 3.02. The molecule has 3 rings (SSSR count). The minimum absolute atomic E-state index is 0.0132. The molecule has 140 valence electrons. The zero-order chi connectivity index (χ0) is 19.6. The first-order valence-corrected chi connectivity index (χ1v) is 9.29. The molecule has 0 saturated heterocycles. The molecule has 0 spiro atoms. The number of hydrogen-bond donors (Lipinski definition) is 2. The standard InChI is InChI=1S/C17H15FN4O4S/c1-10-21-22-17(26-10)13-7-6-12(9-15(13)27(19,24)25)20-16(23)8-11-4-2-3-5-14(11)18/h2-7,9H,8H2,1H3,(H,20,23)(H2,19,24,25). The van der Waals surface area contributed by atoms with E-state index >= 15 is 0 Å². The van der Waals surface area contributed by atoms with E-state index in [0.717, 1.165) is 0 Å². The molecular formula is C17H15FN4O4S. The van der Waals surface area contributed by atoms with E-state index in [1.54, 1.807) is 13.0 Å². The van der Waals surface area contributed by atoms with Crippen molar-refractivity contribution in [1.82, 2.24) is 10.2 Å². The quantitative estimate of drug-likeness (QED) is 0.686. The molecule has 1 aromatic heterocycles. The van der Waals surface area contributed by atoms with Crippen molar-refractivity contribution >= 4 is 21.6 Å². The Morgan fingerprint density at radius 1 is 1.22 bits per heavy atom. The molecule has 1 amide bonds. The van der Waals surface area contributed by atoms with Gasteiger partial charge in [-0.05, 0) is 29.8 Å². The number of carbonyl (C=O) groups excluding carboxylic acids is 1. The number of hydrogen-bond acceptors (Lipinski definition) is 6. The van der Waals surface area contributed by atoms with Gasteiger partial charge >= 0.3 is 0 Å². The minimum atomic E-state index is -4.14. The molecule has 0 saturated carbocycles. The number of benzene rings is 2. The van der Waals surface area contributed by atoms with Crippen molar-refractivity contribution < 1.29 is 22.0 Å². The predicted octanol–water partition coefficient (Wildman–Crippen LogP) is 2.01. The Balaban J connectivity index is 1.89. The van der Waals surface area contributed by atoms with Crippen LogP contribution in [0.5, 0.6) is 0 Å². The number of sulfonamides is 1. The van der Waals surface area contributed by atoms with Gasteiger partial charge in [-0.2, -0.15) is 0 Å². The zero-order valence-corrected chi connectivity index (χ0v) is 15.0. The van der Waals surface area contributed by atoms with Gasteiger partial charge in [0.2, 0.25) is 27.7 Å². The number of anilines is 1. The number of rotatable bonds is 5. The molecule has 0 aliphatic rings. The Morgan fingerprint density at radius 2 is 1.96 bits per heavy atom. The SMILES string of the molecule is Cc1nnc(-c2ccc(NC(=O)Cc3ccccc3F)cc2S(N)(=O)=O)o1. The van der Waals surface area contributed by atoms with Crippen LogP contribution < -0.4 is 10.5 Å². The average molecular weight is 390 g/mol. The van der Waals surface area contributed by atoms with Crippen LogP contribution in [0.25, 0.3) is 11.5 Å². The maximum atomic E-state index is 13.7. The summed E-state index contributed by atoms with van der Waals surface area (Å²) in [6.07, 6.45) is -0.206. The second-order valence-corrected chi connectivity index (χ2v) is 7.23.